The van der Waals surface area contributed by atoms with Gasteiger partial charge in [0.2, 0.25) is 17.7 Å². The molecule has 6 rings (SSSR count). The highest BCUT2D eigenvalue weighted by molar-refractivity contribution is 5.99. The van der Waals surface area contributed by atoms with Gasteiger partial charge in [-0.2, -0.15) is 8.78 Å². The molecule has 2 aromatic carbocycles. The number of carbonyl (C=O) groups is 3. The molecule has 0 bridgehead atoms. The zero-order valence-electron chi connectivity index (χ0n) is 27.3. The van der Waals surface area contributed by atoms with Crippen molar-refractivity contribution in [2.75, 3.05) is 18.5 Å². The Morgan fingerprint density at radius 1 is 1.00 bits per heavy atom. The lowest BCUT2D eigenvalue weighted by molar-refractivity contribution is -0.146. The van der Waals surface area contributed by atoms with Gasteiger partial charge < -0.3 is 30.4 Å². The zero-order valence-corrected chi connectivity index (χ0v) is 27.3. The minimum absolute atomic E-state index is 0.00332. The number of alkyl halides is 5. The molecular formula is C36H36F5N5O5. The first-order valence-electron chi connectivity index (χ1n) is 16.5. The lowest BCUT2D eigenvalue weighted by Crippen LogP contribution is -2.54. The highest BCUT2D eigenvalue weighted by Crippen LogP contribution is 2.48. The van der Waals surface area contributed by atoms with Gasteiger partial charge >= 0.3 is 12.7 Å². The van der Waals surface area contributed by atoms with Gasteiger partial charge in [0, 0.05) is 30.9 Å². The third-order valence-corrected chi connectivity index (χ3v) is 9.63. The van der Waals surface area contributed by atoms with Crippen molar-refractivity contribution in [3.63, 3.8) is 0 Å². The number of nitrogens with two attached hydrogens (primary N) is 1. The number of aromatic amines is 1. The first-order valence-corrected chi connectivity index (χ1v) is 16.5. The number of H-pyrrole nitrogens is 1. The lowest BCUT2D eigenvalue weighted by Gasteiger charge is -2.42. The van der Waals surface area contributed by atoms with E-state index in [0.717, 1.165) is 10.5 Å². The number of pyridine rings is 1. The lowest BCUT2D eigenvalue weighted by atomic mass is 9.67. The molecule has 1 unspecified atom stereocenters. The molecular weight excluding hydrogens is 677 g/mol. The van der Waals surface area contributed by atoms with Gasteiger partial charge in [-0.1, -0.05) is 42.5 Å². The largest absolute Gasteiger partial charge is 0.449 e. The summed E-state index contributed by atoms with van der Waals surface area (Å²) in [6.07, 6.45) is -4.09. The Morgan fingerprint density at radius 3 is 2.37 bits per heavy atom. The second-order valence-electron chi connectivity index (χ2n) is 13.0. The van der Waals surface area contributed by atoms with Gasteiger partial charge in [0.1, 0.15) is 30.4 Å². The number of likely N-dealkylation sites (tertiary alicyclic amines) is 1. The number of nitrogens with zero attached hydrogens (tertiary/aromatic N) is 2. The number of benzene rings is 2. The Labute approximate surface area is 289 Å². The van der Waals surface area contributed by atoms with E-state index in [-0.39, 0.29) is 48.9 Å². The number of halogens is 5. The maximum atomic E-state index is 15.0. The number of rotatable bonds is 11. The smallest absolute Gasteiger partial charge is 0.404 e. The highest BCUT2D eigenvalue weighted by atomic mass is 19.3. The van der Waals surface area contributed by atoms with Crippen molar-refractivity contribution in [2.45, 2.75) is 74.6 Å². The van der Waals surface area contributed by atoms with E-state index in [1.165, 1.54) is 30.3 Å². The van der Waals surface area contributed by atoms with Crippen molar-refractivity contribution in [2.24, 2.45) is 5.73 Å². The normalized spacial score (nSPS) is 20.2. The van der Waals surface area contributed by atoms with E-state index in [1.54, 1.807) is 12.1 Å². The number of amides is 3. The van der Waals surface area contributed by atoms with Crippen LogP contribution in [0.3, 0.4) is 0 Å². The number of aromatic nitrogens is 2. The van der Waals surface area contributed by atoms with E-state index in [9.17, 15) is 36.3 Å². The molecule has 0 radical (unpaired) electrons. The molecule has 51 heavy (non-hydrogen) atoms. The Bertz CT molecular complexity index is 1860. The van der Waals surface area contributed by atoms with Crippen LogP contribution >= 0.6 is 0 Å². The van der Waals surface area contributed by atoms with Crippen molar-refractivity contribution in [3.05, 3.63) is 89.6 Å². The topological polar surface area (TPSA) is 140 Å². The predicted octanol–water partition coefficient (Wildman–Crippen LogP) is 6.61. The van der Waals surface area contributed by atoms with Crippen LogP contribution in [0.4, 0.5) is 32.6 Å². The summed E-state index contributed by atoms with van der Waals surface area (Å²) in [5.74, 6) is -4.77. The molecule has 2 aromatic heterocycles. The van der Waals surface area contributed by atoms with Gasteiger partial charge in [0.15, 0.2) is 0 Å². The van der Waals surface area contributed by atoms with Gasteiger partial charge in [-0.25, -0.2) is 22.9 Å². The minimum atomic E-state index is -3.08. The van der Waals surface area contributed by atoms with Crippen molar-refractivity contribution in [1.82, 2.24) is 14.9 Å². The number of anilines is 1. The number of carbonyl (C=O) groups excluding carboxylic acids is 3. The van der Waals surface area contributed by atoms with Crippen LogP contribution in [0.1, 0.15) is 54.8 Å². The Balaban J connectivity index is 1.22. The fourth-order valence-electron chi connectivity index (χ4n) is 7.03. The van der Waals surface area contributed by atoms with E-state index in [1.807, 2.05) is 30.3 Å². The molecule has 1 aliphatic carbocycles. The summed E-state index contributed by atoms with van der Waals surface area (Å²) in [4.78, 5) is 48.2. The van der Waals surface area contributed by atoms with Crippen LogP contribution in [-0.2, 0) is 26.2 Å². The number of ether oxygens (including phenoxy) is 2. The van der Waals surface area contributed by atoms with Crippen molar-refractivity contribution in [1.29, 1.82) is 0 Å². The number of primary amides is 1. The standard InChI is InChI=1S/C36H36F5N5O5/c37-24-17-29(46(19-24)32(48)35(12-14-36(40,41)15-13-35)23-6-8-25(9-7-23)51-33(38)39)31(47)45-30-11-10-26-28(44-30)18-27(43-26)22(20-50-34(42)49)16-21-4-2-1-3-5-21/h1-11,18,22,24,29,33,43H,12-17,19-20H2,(H2,42,49)(H,44,45,47)/t22?,24-,29-/m1/s1. The highest BCUT2D eigenvalue weighted by Gasteiger charge is 2.53. The molecule has 4 aromatic rings. The molecule has 1 saturated carbocycles. The van der Waals surface area contributed by atoms with Crippen LogP contribution in [-0.4, -0.2) is 70.7 Å². The molecule has 4 N–H and O–H groups in total. The van der Waals surface area contributed by atoms with Gasteiger partial charge in [-0.05, 0) is 60.7 Å². The van der Waals surface area contributed by atoms with E-state index in [2.05, 4.69) is 20.0 Å². The average molecular weight is 714 g/mol. The predicted molar refractivity (Wildman–Crippen MR) is 176 cm³/mol. The molecule has 3 heterocycles. The third-order valence-electron chi connectivity index (χ3n) is 9.63. The number of hydrogen-bond donors (Lipinski definition) is 3. The molecule has 10 nitrogen and oxygen atoms in total. The summed E-state index contributed by atoms with van der Waals surface area (Å²) in [7, 11) is 0. The first kappa shape index (κ1) is 35.6. The summed E-state index contributed by atoms with van der Waals surface area (Å²) in [5, 5.41) is 2.68. The van der Waals surface area contributed by atoms with Crippen LogP contribution in [0.15, 0.2) is 72.8 Å². The van der Waals surface area contributed by atoms with E-state index in [4.69, 9.17) is 10.5 Å². The number of fused-ring (bicyclic) bond motifs is 1. The van der Waals surface area contributed by atoms with Crippen molar-refractivity contribution in [3.8, 4) is 5.75 Å². The summed E-state index contributed by atoms with van der Waals surface area (Å²) in [6.45, 7) is -3.51. The Hall–Kier alpha value is -5.21. The zero-order chi connectivity index (χ0) is 36.3. The first-order chi connectivity index (χ1) is 24.3. The molecule has 3 atom stereocenters. The average Bonchev–Trinajstić information content (AvgIpc) is 3.70. The summed E-state index contributed by atoms with van der Waals surface area (Å²) in [6, 6.07) is 18.4. The van der Waals surface area contributed by atoms with Crippen LogP contribution in [0, 0.1) is 0 Å². The molecule has 2 aliphatic rings. The molecule has 3 amide bonds. The summed E-state index contributed by atoms with van der Waals surface area (Å²) >= 11 is 0. The SMILES string of the molecule is NC(=O)OCC(Cc1ccccc1)c1cc2nc(NC(=O)[C@H]3C[C@@H](F)CN3C(=O)C3(c4ccc(OC(F)F)cc4)CCC(F)(F)CC3)ccc2[nH]1. The quantitative estimate of drug-likeness (QED) is 0.150. The van der Waals surface area contributed by atoms with Gasteiger partial charge in [0.25, 0.3) is 0 Å². The molecule has 15 heteroatoms. The molecule has 270 valence electrons. The molecule has 1 aliphatic heterocycles. The fraction of sp³-hybridized carbons (Fsp3) is 0.389. The van der Waals surface area contributed by atoms with Crippen molar-refractivity contribution < 1.29 is 45.8 Å². The number of nitrogens with one attached hydrogen (secondary N) is 2. The monoisotopic (exact) mass is 713 g/mol. The Morgan fingerprint density at radius 2 is 1.71 bits per heavy atom. The van der Waals surface area contributed by atoms with Crippen LogP contribution in [0.2, 0.25) is 0 Å². The molecule has 0 spiro atoms. The maximum absolute atomic E-state index is 15.0. The van der Waals surface area contributed by atoms with Crippen molar-refractivity contribution >= 4 is 34.8 Å². The maximum Gasteiger partial charge on any atom is 0.404 e. The van der Waals surface area contributed by atoms with Gasteiger partial charge in [-0.3, -0.25) is 9.59 Å². The second-order valence-corrected chi connectivity index (χ2v) is 13.0. The second kappa shape index (κ2) is 14.6. The number of hydrogen-bond acceptors (Lipinski definition) is 6. The van der Waals surface area contributed by atoms with Crippen LogP contribution in [0.25, 0.3) is 11.0 Å². The summed E-state index contributed by atoms with van der Waals surface area (Å²) in [5.41, 5.74) is 6.77. The fourth-order valence-corrected chi connectivity index (χ4v) is 7.03. The van der Waals surface area contributed by atoms with E-state index in [0.29, 0.717) is 23.1 Å². The van der Waals surface area contributed by atoms with Crippen LogP contribution in [0.5, 0.6) is 5.75 Å². The van der Waals surface area contributed by atoms with E-state index >= 15 is 0 Å². The Kier molecular flexibility index (Phi) is 10.2. The third kappa shape index (κ3) is 8.07. The van der Waals surface area contributed by atoms with E-state index < -0.39 is 67.5 Å². The van der Waals surface area contributed by atoms with Crippen LogP contribution < -0.4 is 15.8 Å². The molecule has 1 saturated heterocycles. The summed E-state index contributed by atoms with van der Waals surface area (Å²) < 4.78 is 78.7. The van der Waals surface area contributed by atoms with Gasteiger partial charge in [-0.15, -0.1) is 0 Å². The molecule has 2 fully saturated rings. The minimum Gasteiger partial charge on any atom is -0.449 e. The van der Waals surface area contributed by atoms with Gasteiger partial charge in [0.05, 0.1) is 23.0 Å².